The summed E-state index contributed by atoms with van der Waals surface area (Å²) in [5, 5.41) is 9.06. The molecule has 0 amide bonds. The van der Waals surface area contributed by atoms with E-state index in [4.69, 9.17) is 20.3 Å². The summed E-state index contributed by atoms with van der Waals surface area (Å²) in [6, 6.07) is 4.87. The standard InChI is InChI=1S/C11H15NO4/c1-11(12,10(13)14)8-6-7(15-2)4-5-9(8)16-3/h4-6H,12H2,1-3H3,(H,13,14). The number of ether oxygens (including phenoxy) is 2. The topological polar surface area (TPSA) is 81.8 Å². The van der Waals surface area contributed by atoms with Crippen molar-refractivity contribution in [3.8, 4) is 11.5 Å². The van der Waals surface area contributed by atoms with E-state index in [0.29, 0.717) is 17.1 Å². The number of carbonyl (C=O) groups is 1. The molecule has 0 aromatic heterocycles. The Bertz CT molecular complexity index is 401. The van der Waals surface area contributed by atoms with Gasteiger partial charge >= 0.3 is 5.97 Å². The minimum atomic E-state index is -1.51. The lowest BCUT2D eigenvalue weighted by Gasteiger charge is -2.22. The molecule has 5 nitrogen and oxygen atoms in total. The van der Waals surface area contributed by atoms with E-state index in [-0.39, 0.29) is 0 Å². The number of hydrogen-bond acceptors (Lipinski definition) is 4. The fraction of sp³-hybridized carbons (Fsp3) is 0.364. The number of nitrogens with two attached hydrogens (primary N) is 1. The Hall–Kier alpha value is -1.75. The lowest BCUT2D eigenvalue weighted by Crippen LogP contribution is -2.42. The van der Waals surface area contributed by atoms with Crippen molar-refractivity contribution in [3.63, 3.8) is 0 Å². The zero-order valence-corrected chi connectivity index (χ0v) is 9.48. The average molecular weight is 225 g/mol. The second-order valence-corrected chi connectivity index (χ2v) is 3.57. The quantitative estimate of drug-likeness (QED) is 0.797. The van der Waals surface area contributed by atoms with Crippen LogP contribution in [0.3, 0.4) is 0 Å². The lowest BCUT2D eigenvalue weighted by molar-refractivity contribution is -0.143. The van der Waals surface area contributed by atoms with Crippen LogP contribution in [0.5, 0.6) is 11.5 Å². The normalized spacial score (nSPS) is 14.0. The van der Waals surface area contributed by atoms with Crippen LogP contribution in [0.25, 0.3) is 0 Å². The molecule has 88 valence electrons. The van der Waals surface area contributed by atoms with E-state index in [1.165, 1.54) is 21.1 Å². The summed E-state index contributed by atoms with van der Waals surface area (Å²) in [5.74, 6) is -0.166. The van der Waals surface area contributed by atoms with Crippen LogP contribution in [-0.4, -0.2) is 25.3 Å². The molecule has 5 heteroatoms. The van der Waals surface area contributed by atoms with Crippen molar-refractivity contribution < 1.29 is 19.4 Å². The van der Waals surface area contributed by atoms with Crippen LogP contribution in [0.1, 0.15) is 12.5 Å². The van der Waals surface area contributed by atoms with Gasteiger partial charge in [0, 0.05) is 5.56 Å². The molecule has 0 aliphatic rings. The van der Waals surface area contributed by atoms with Gasteiger partial charge in [-0.25, -0.2) is 4.79 Å². The van der Waals surface area contributed by atoms with Crippen molar-refractivity contribution in [2.45, 2.75) is 12.5 Å². The largest absolute Gasteiger partial charge is 0.497 e. The van der Waals surface area contributed by atoms with Gasteiger partial charge in [-0.1, -0.05) is 0 Å². The lowest BCUT2D eigenvalue weighted by atomic mass is 9.92. The molecule has 0 radical (unpaired) electrons. The number of rotatable bonds is 4. The third kappa shape index (κ3) is 2.09. The molecule has 16 heavy (non-hydrogen) atoms. The molecule has 0 saturated carbocycles. The van der Waals surface area contributed by atoms with E-state index in [9.17, 15) is 4.79 Å². The minimum absolute atomic E-state index is 0.377. The average Bonchev–Trinajstić information content (AvgIpc) is 2.27. The molecule has 1 unspecified atom stereocenters. The molecule has 0 saturated heterocycles. The van der Waals surface area contributed by atoms with Gasteiger partial charge in [0.25, 0.3) is 0 Å². The van der Waals surface area contributed by atoms with Crippen LogP contribution >= 0.6 is 0 Å². The van der Waals surface area contributed by atoms with Crippen molar-refractivity contribution in [3.05, 3.63) is 23.8 Å². The summed E-state index contributed by atoms with van der Waals surface area (Å²) in [6.07, 6.45) is 0. The molecular formula is C11H15NO4. The van der Waals surface area contributed by atoms with Gasteiger partial charge in [0.2, 0.25) is 0 Å². The Kier molecular flexibility index (Phi) is 3.39. The highest BCUT2D eigenvalue weighted by molar-refractivity contribution is 5.81. The number of benzene rings is 1. The summed E-state index contributed by atoms with van der Waals surface area (Å²) < 4.78 is 10.1. The molecule has 1 rings (SSSR count). The van der Waals surface area contributed by atoms with Gasteiger partial charge in [-0.2, -0.15) is 0 Å². The van der Waals surface area contributed by atoms with Crippen LogP contribution in [0, 0.1) is 0 Å². The first-order valence-electron chi connectivity index (χ1n) is 4.68. The fourth-order valence-electron chi connectivity index (χ4n) is 1.34. The highest BCUT2D eigenvalue weighted by Crippen LogP contribution is 2.31. The molecule has 0 fully saturated rings. The molecule has 1 aromatic carbocycles. The monoisotopic (exact) mass is 225 g/mol. The van der Waals surface area contributed by atoms with Gasteiger partial charge in [-0.05, 0) is 25.1 Å². The molecule has 0 aliphatic carbocycles. The maximum atomic E-state index is 11.1. The molecule has 1 aromatic rings. The third-order valence-corrected chi connectivity index (χ3v) is 2.41. The predicted molar refractivity (Wildman–Crippen MR) is 58.7 cm³/mol. The molecule has 3 N–H and O–H groups in total. The first kappa shape index (κ1) is 12.3. The van der Waals surface area contributed by atoms with Gasteiger partial charge in [0.05, 0.1) is 14.2 Å². The maximum Gasteiger partial charge on any atom is 0.328 e. The Morgan fingerprint density at radius 1 is 1.38 bits per heavy atom. The fourth-order valence-corrected chi connectivity index (χ4v) is 1.34. The van der Waals surface area contributed by atoms with Crippen molar-refractivity contribution in [2.24, 2.45) is 5.73 Å². The van der Waals surface area contributed by atoms with Crippen molar-refractivity contribution in [2.75, 3.05) is 14.2 Å². The van der Waals surface area contributed by atoms with Crippen molar-refractivity contribution in [1.29, 1.82) is 0 Å². The highest BCUT2D eigenvalue weighted by atomic mass is 16.5. The SMILES string of the molecule is COc1ccc(OC)c(C(C)(N)C(=O)O)c1. The molecular weight excluding hydrogens is 210 g/mol. The Labute approximate surface area is 93.8 Å². The van der Waals surface area contributed by atoms with Gasteiger partial charge in [0.1, 0.15) is 17.0 Å². The Morgan fingerprint density at radius 3 is 2.44 bits per heavy atom. The summed E-state index contributed by atoms with van der Waals surface area (Å²) in [6.45, 7) is 1.41. The molecule has 0 heterocycles. The van der Waals surface area contributed by atoms with Gasteiger partial charge < -0.3 is 20.3 Å². The molecule has 0 spiro atoms. The van der Waals surface area contributed by atoms with E-state index in [0.717, 1.165) is 0 Å². The van der Waals surface area contributed by atoms with Crippen LogP contribution < -0.4 is 15.2 Å². The first-order chi connectivity index (χ1) is 7.43. The van der Waals surface area contributed by atoms with Crippen molar-refractivity contribution in [1.82, 2.24) is 0 Å². The summed E-state index contributed by atoms with van der Waals surface area (Å²) in [7, 11) is 2.96. The first-order valence-corrected chi connectivity index (χ1v) is 4.68. The van der Waals surface area contributed by atoms with E-state index >= 15 is 0 Å². The van der Waals surface area contributed by atoms with Gasteiger partial charge in [0.15, 0.2) is 0 Å². The van der Waals surface area contributed by atoms with E-state index < -0.39 is 11.5 Å². The van der Waals surface area contributed by atoms with Crippen LogP contribution in [0.2, 0.25) is 0 Å². The number of carboxylic acids is 1. The zero-order valence-electron chi connectivity index (χ0n) is 9.48. The van der Waals surface area contributed by atoms with E-state index in [1.54, 1.807) is 18.2 Å². The minimum Gasteiger partial charge on any atom is -0.497 e. The van der Waals surface area contributed by atoms with Crippen LogP contribution in [0.15, 0.2) is 18.2 Å². The number of carboxylic acid groups (broad SMARTS) is 1. The number of methoxy groups -OCH3 is 2. The summed E-state index contributed by atoms with van der Waals surface area (Å²) in [5.41, 5.74) is 4.61. The smallest absolute Gasteiger partial charge is 0.328 e. The third-order valence-electron chi connectivity index (χ3n) is 2.41. The Morgan fingerprint density at radius 2 is 2.00 bits per heavy atom. The zero-order chi connectivity index (χ0) is 12.3. The van der Waals surface area contributed by atoms with Crippen LogP contribution in [0.4, 0.5) is 0 Å². The second-order valence-electron chi connectivity index (χ2n) is 3.57. The van der Waals surface area contributed by atoms with E-state index in [2.05, 4.69) is 0 Å². The van der Waals surface area contributed by atoms with Gasteiger partial charge in [-0.3, -0.25) is 0 Å². The molecule has 0 bridgehead atoms. The number of hydrogen-bond donors (Lipinski definition) is 2. The summed E-state index contributed by atoms with van der Waals surface area (Å²) >= 11 is 0. The molecule has 0 aliphatic heterocycles. The van der Waals surface area contributed by atoms with Gasteiger partial charge in [-0.15, -0.1) is 0 Å². The van der Waals surface area contributed by atoms with Crippen LogP contribution in [-0.2, 0) is 10.3 Å². The number of aliphatic carboxylic acids is 1. The predicted octanol–water partition coefficient (Wildman–Crippen LogP) is 0.962. The van der Waals surface area contributed by atoms with E-state index in [1.807, 2.05) is 0 Å². The second kappa shape index (κ2) is 4.40. The molecule has 1 atom stereocenters. The van der Waals surface area contributed by atoms with Crippen molar-refractivity contribution >= 4 is 5.97 Å². The maximum absolute atomic E-state index is 11.1. The highest BCUT2D eigenvalue weighted by Gasteiger charge is 2.33. The summed E-state index contributed by atoms with van der Waals surface area (Å²) in [4.78, 5) is 11.1. The Balaban J connectivity index is 3.34.